The molecule has 2 N–H and O–H groups in total. The maximum Gasteiger partial charge on any atom is 0.303 e. The van der Waals surface area contributed by atoms with Crippen molar-refractivity contribution in [2.75, 3.05) is 0 Å². The molecular weight excluding hydrogens is 284 g/mol. The average Bonchev–Trinajstić information content (AvgIpc) is 2.83. The zero-order chi connectivity index (χ0) is 16.3. The zero-order valence-electron chi connectivity index (χ0n) is 12.5. The highest BCUT2D eigenvalue weighted by Crippen LogP contribution is 2.29. The molecule has 2 rings (SSSR count). The summed E-state index contributed by atoms with van der Waals surface area (Å²) in [5, 5.41) is 22.0. The van der Waals surface area contributed by atoms with Gasteiger partial charge >= 0.3 is 11.9 Å². The fourth-order valence-electron chi connectivity index (χ4n) is 2.55. The first kappa shape index (κ1) is 15.8. The number of hydrogen-bond acceptors (Lipinski definition) is 3. The first-order chi connectivity index (χ1) is 10.4. The molecule has 1 aromatic carbocycles. The Kier molecular flexibility index (Phi) is 4.60. The van der Waals surface area contributed by atoms with Crippen LogP contribution in [0.5, 0.6) is 0 Å². The molecule has 2 aromatic rings. The topological polar surface area (TPSA) is 92.4 Å². The van der Waals surface area contributed by atoms with Crippen molar-refractivity contribution >= 4 is 11.9 Å². The zero-order valence-corrected chi connectivity index (χ0v) is 12.5. The molecule has 0 atom stereocenters. The first-order valence-electron chi connectivity index (χ1n) is 6.90. The van der Waals surface area contributed by atoms with E-state index in [-0.39, 0.29) is 12.8 Å². The van der Waals surface area contributed by atoms with Gasteiger partial charge in [0.2, 0.25) is 0 Å². The molecule has 1 aromatic heterocycles. The van der Waals surface area contributed by atoms with E-state index in [0.717, 1.165) is 22.3 Å². The molecule has 0 bridgehead atoms. The number of carboxylic acids is 2. The van der Waals surface area contributed by atoms with Crippen LogP contribution < -0.4 is 0 Å². The van der Waals surface area contributed by atoms with Crippen LogP contribution in [0.25, 0.3) is 11.1 Å². The number of carboxylic acid groups (broad SMARTS) is 2. The van der Waals surface area contributed by atoms with E-state index in [4.69, 9.17) is 10.2 Å². The van der Waals surface area contributed by atoms with Crippen molar-refractivity contribution in [3.63, 3.8) is 0 Å². The Morgan fingerprint density at radius 3 is 2.32 bits per heavy atom. The minimum absolute atomic E-state index is 0.196. The Bertz CT molecular complexity index is 690. The number of nitrogens with zero attached hydrogens (tertiary/aromatic N) is 2. The smallest absolute Gasteiger partial charge is 0.303 e. The van der Waals surface area contributed by atoms with Gasteiger partial charge in [-0.2, -0.15) is 5.10 Å². The van der Waals surface area contributed by atoms with Gasteiger partial charge in [0.1, 0.15) is 0 Å². The summed E-state index contributed by atoms with van der Waals surface area (Å²) in [7, 11) is 1.84. The Morgan fingerprint density at radius 1 is 1.23 bits per heavy atom. The molecule has 0 aliphatic rings. The second-order valence-corrected chi connectivity index (χ2v) is 5.37. The van der Waals surface area contributed by atoms with E-state index >= 15 is 0 Å². The summed E-state index contributed by atoms with van der Waals surface area (Å²) in [4.78, 5) is 21.9. The van der Waals surface area contributed by atoms with Crippen molar-refractivity contribution in [2.45, 2.75) is 25.7 Å². The maximum absolute atomic E-state index is 10.9. The summed E-state index contributed by atoms with van der Waals surface area (Å²) in [6, 6.07) is 5.54. The highest BCUT2D eigenvalue weighted by atomic mass is 16.4. The van der Waals surface area contributed by atoms with Gasteiger partial charge in [0.25, 0.3) is 0 Å². The van der Waals surface area contributed by atoms with Crippen LogP contribution >= 0.6 is 0 Å². The maximum atomic E-state index is 10.9. The van der Waals surface area contributed by atoms with Crippen LogP contribution in [0.4, 0.5) is 0 Å². The molecule has 6 heteroatoms. The summed E-state index contributed by atoms with van der Waals surface area (Å²) in [5.74, 6) is -2.53. The second kappa shape index (κ2) is 6.43. The van der Waals surface area contributed by atoms with Crippen LogP contribution in [-0.4, -0.2) is 31.9 Å². The van der Waals surface area contributed by atoms with Crippen LogP contribution in [0.15, 0.2) is 30.6 Å². The van der Waals surface area contributed by atoms with Gasteiger partial charge in [0.15, 0.2) is 0 Å². The van der Waals surface area contributed by atoms with Gasteiger partial charge in [-0.3, -0.25) is 14.3 Å². The summed E-state index contributed by atoms with van der Waals surface area (Å²) in [6.07, 6.45) is 3.26. The quantitative estimate of drug-likeness (QED) is 0.855. The third-order valence-electron chi connectivity index (χ3n) is 3.58. The second-order valence-electron chi connectivity index (χ2n) is 5.37. The van der Waals surface area contributed by atoms with E-state index in [2.05, 4.69) is 5.10 Å². The molecular formula is C16H18N2O4. The van der Waals surface area contributed by atoms with E-state index < -0.39 is 17.9 Å². The van der Waals surface area contributed by atoms with Gasteiger partial charge in [0, 0.05) is 24.7 Å². The van der Waals surface area contributed by atoms with Gasteiger partial charge in [0.05, 0.1) is 19.0 Å². The highest BCUT2D eigenvalue weighted by Gasteiger charge is 2.20. The van der Waals surface area contributed by atoms with Crippen molar-refractivity contribution in [1.82, 2.24) is 9.78 Å². The fourth-order valence-corrected chi connectivity index (χ4v) is 2.55. The van der Waals surface area contributed by atoms with Crippen LogP contribution in [0, 0.1) is 6.92 Å². The molecule has 22 heavy (non-hydrogen) atoms. The SMILES string of the molecule is Cc1cc(C(CC(=O)O)CC(=O)O)ccc1-c1cnn(C)c1. The Labute approximate surface area is 128 Å². The van der Waals surface area contributed by atoms with Crippen LogP contribution in [0.3, 0.4) is 0 Å². The Morgan fingerprint density at radius 2 is 1.86 bits per heavy atom. The lowest BCUT2D eigenvalue weighted by atomic mass is 9.89. The standard InChI is InChI=1S/C16H18N2O4/c1-10-5-11(12(6-15(19)20)7-16(21)22)3-4-14(10)13-8-17-18(2)9-13/h3-5,8-9,12H,6-7H2,1-2H3,(H,19,20)(H,21,22). The van der Waals surface area contributed by atoms with E-state index in [9.17, 15) is 9.59 Å². The van der Waals surface area contributed by atoms with Gasteiger partial charge < -0.3 is 10.2 Å². The molecule has 0 fully saturated rings. The molecule has 0 aliphatic carbocycles. The van der Waals surface area contributed by atoms with Crippen molar-refractivity contribution in [2.24, 2.45) is 7.05 Å². The fraction of sp³-hybridized carbons (Fsp3) is 0.312. The van der Waals surface area contributed by atoms with Gasteiger partial charge in [-0.05, 0) is 23.6 Å². The van der Waals surface area contributed by atoms with E-state index in [1.165, 1.54) is 0 Å². The Balaban J connectivity index is 2.33. The minimum atomic E-state index is -1.000. The summed E-state index contributed by atoms with van der Waals surface area (Å²) >= 11 is 0. The summed E-state index contributed by atoms with van der Waals surface area (Å²) in [6.45, 7) is 1.92. The van der Waals surface area contributed by atoms with Crippen molar-refractivity contribution < 1.29 is 19.8 Å². The molecule has 0 saturated carbocycles. The lowest BCUT2D eigenvalue weighted by molar-refractivity contribution is -0.139. The number of hydrogen-bond donors (Lipinski definition) is 2. The molecule has 0 aliphatic heterocycles. The van der Waals surface area contributed by atoms with Crippen molar-refractivity contribution in [1.29, 1.82) is 0 Å². The summed E-state index contributed by atoms with van der Waals surface area (Å²) in [5.41, 5.74) is 3.67. The lowest BCUT2D eigenvalue weighted by Gasteiger charge is -2.15. The Hall–Kier alpha value is -2.63. The molecule has 6 nitrogen and oxygen atoms in total. The number of rotatable bonds is 6. The molecule has 116 valence electrons. The van der Waals surface area contributed by atoms with Crippen molar-refractivity contribution in [3.05, 3.63) is 41.7 Å². The number of benzene rings is 1. The largest absolute Gasteiger partial charge is 0.481 e. The molecule has 1 heterocycles. The van der Waals surface area contributed by atoms with Gasteiger partial charge in [-0.25, -0.2) is 0 Å². The van der Waals surface area contributed by atoms with E-state index in [0.29, 0.717) is 0 Å². The lowest BCUT2D eigenvalue weighted by Crippen LogP contribution is -2.11. The van der Waals surface area contributed by atoms with Gasteiger partial charge in [-0.1, -0.05) is 18.2 Å². The number of carbonyl (C=O) groups is 2. The highest BCUT2D eigenvalue weighted by molar-refractivity contribution is 5.73. The predicted octanol–water partition coefficient (Wildman–Crippen LogP) is 2.43. The van der Waals surface area contributed by atoms with Crippen molar-refractivity contribution in [3.8, 4) is 11.1 Å². The van der Waals surface area contributed by atoms with Crippen LogP contribution in [0.2, 0.25) is 0 Å². The monoisotopic (exact) mass is 302 g/mol. The van der Waals surface area contributed by atoms with E-state index in [1.54, 1.807) is 16.9 Å². The molecule has 0 unspecified atom stereocenters. The minimum Gasteiger partial charge on any atom is -0.481 e. The molecule has 0 amide bonds. The number of aliphatic carboxylic acids is 2. The van der Waals surface area contributed by atoms with E-state index in [1.807, 2.05) is 32.3 Å². The molecule has 0 spiro atoms. The first-order valence-corrected chi connectivity index (χ1v) is 6.90. The van der Waals surface area contributed by atoms with Crippen LogP contribution in [-0.2, 0) is 16.6 Å². The third kappa shape index (κ3) is 3.72. The number of aryl methyl sites for hydroxylation is 2. The predicted molar refractivity (Wildman–Crippen MR) is 80.6 cm³/mol. The van der Waals surface area contributed by atoms with Gasteiger partial charge in [-0.15, -0.1) is 0 Å². The third-order valence-corrected chi connectivity index (χ3v) is 3.58. The summed E-state index contributed by atoms with van der Waals surface area (Å²) < 4.78 is 1.71. The normalized spacial score (nSPS) is 10.9. The molecule has 0 saturated heterocycles. The number of aromatic nitrogens is 2. The van der Waals surface area contributed by atoms with Crippen LogP contribution in [0.1, 0.15) is 29.9 Å². The average molecular weight is 302 g/mol. The molecule has 0 radical (unpaired) electrons.